The quantitative estimate of drug-likeness (QED) is 0.633. The minimum atomic E-state index is -0.944. The number of carboxylic acids is 1. The van der Waals surface area contributed by atoms with Gasteiger partial charge in [0, 0.05) is 26.1 Å². The lowest BCUT2D eigenvalue weighted by Gasteiger charge is -2.26. The zero-order valence-electron chi connectivity index (χ0n) is 19.7. The number of methoxy groups -OCH3 is 1. The van der Waals surface area contributed by atoms with Crippen LogP contribution in [0.15, 0.2) is 48.5 Å². The Hall–Kier alpha value is -3.39. The third-order valence-electron chi connectivity index (χ3n) is 7.88. The van der Waals surface area contributed by atoms with E-state index in [0.29, 0.717) is 13.0 Å². The van der Waals surface area contributed by atoms with E-state index in [0.717, 1.165) is 35.1 Å². The van der Waals surface area contributed by atoms with Gasteiger partial charge in [-0.25, -0.2) is 4.79 Å². The number of rotatable bonds is 7. The zero-order valence-corrected chi connectivity index (χ0v) is 19.7. The fraction of sp³-hybridized carbons (Fsp3) is 0.444. The van der Waals surface area contributed by atoms with Gasteiger partial charge in [0.1, 0.15) is 12.6 Å². The number of alkyl carbamates (subject to hydrolysis) is 1. The van der Waals surface area contributed by atoms with Crippen LogP contribution in [-0.4, -0.2) is 67.4 Å². The standard InChI is InChI=1S/C27H30N2O6/c1-34-15-23(24(30)29-13-17-7-6-12-27(17,16-29)25(31)32)28-26(33)35-14-22-20-10-4-2-8-18(20)19-9-3-5-11-21(19)22/h2-5,8-11,17,22-23H,6-7,12-16H2,1H3,(H,28,33)(H,31,32)/t17?,23-,27?/m0/s1. The number of carboxylic acid groups (broad SMARTS) is 1. The van der Waals surface area contributed by atoms with E-state index in [4.69, 9.17) is 9.47 Å². The highest BCUT2D eigenvalue weighted by molar-refractivity contribution is 5.88. The van der Waals surface area contributed by atoms with E-state index >= 15 is 0 Å². The molecule has 2 N–H and O–H groups in total. The predicted octanol–water partition coefficient (Wildman–Crippen LogP) is 3.25. The summed E-state index contributed by atoms with van der Waals surface area (Å²) < 4.78 is 10.8. The molecule has 2 aliphatic carbocycles. The Balaban J connectivity index is 1.24. The summed E-state index contributed by atoms with van der Waals surface area (Å²) in [6.45, 7) is 0.669. The molecule has 35 heavy (non-hydrogen) atoms. The molecule has 2 amide bonds. The number of benzene rings is 2. The molecule has 2 aromatic carbocycles. The van der Waals surface area contributed by atoms with Crippen LogP contribution in [0.2, 0.25) is 0 Å². The van der Waals surface area contributed by atoms with Crippen LogP contribution in [0.5, 0.6) is 0 Å². The molecule has 0 radical (unpaired) electrons. The minimum Gasteiger partial charge on any atom is -0.481 e. The first-order chi connectivity index (χ1) is 16.9. The Morgan fingerprint density at radius 3 is 2.37 bits per heavy atom. The van der Waals surface area contributed by atoms with Crippen molar-refractivity contribution >= 4 is 18.0 Å². The summed E-state index contributed by atoms with van der Waals surface area (Å²) in [6.07, 6.45) is 1.53. The van der Waals surface area contributed by atoms with Crippen molar-refractivity contribution in [2.45, 2.75) is 31.2 Å². The van der Waals surface area contributed by atoms with E-state index in [2.05, 4.69) is 17.4 Å². The third-order valence-corrected chi connectivity index (χ3v) is 7.88. The molecular weight excluding hydrogens is 448 g/mol. The number of nitrogens with zero attached hydrogens (tertiary/aromatic N) is 1. The lowest BCUT2D eigenvalue weighted by Crippen LogP contribution is -2.51. The number of carbonyl (C=O) groups is 3. The summed E-state index contributed by atoms with van der Waals surface area (Å²) in [7, 11) is 1.46. The van der Waals surface area contributed by atoms with Gasteiger partial charge in [0.2, 0.25) is 5.91 Å². The molecule has 8 nitrogen and oxygen atoms in total. The minimum absolute atomic E-state index is 0.0235. The van der Waals surface area contributed by atoms with Crippen molar-refractivity contribution in [2.24, 2.45) is 11.3 Å². The SMILES string of the molecule is COC[C@H](NC(=O)OCC1c2ccccc2-c2ccccc21)C(=O)N1CC2CCCC2(C(=O)O)C1. The first-order valence-electron chi connectivity index (χ1n) is 12.1. The maximum Gasteiger partial charge on any atom is 0.407 e. The van der Waals surface area contributed by atoms with Crippen molar-refractivity contribution in [3.8, 4) is 11.1 Å². The highest BCUT2D eigenvalue weighted by atomic mass is 16.5. The Kier molecular flexibility index (Phi) is 6.23. The molecule has 8 heteroatoms. The maximum atomic E-state index is 13.2. The molecule has 0 aromatic heterocycles. The topological polar surface area (TPSA) is 105 Å². The summed E-state index contributed by atoms with van der Waals surface area (Å²) >= 11 is 0. The van der Waals surface area contributed by atoms with Gasteiger partial charge in [0.05, 0.1) is 12.0 Å². The highest BCUT2D eigenvalue weighted by Gasteiger charge is 2.56. The second kappa shape index (κ2) is 9.34. The van der Waals surface area contributed by atoms with E-state index in [1.54, 1.807) is 4.90 Å². The van der Waals surface area contributed by atoms with Crippen LogP contribution in [0.1, 0.15) is 36.3 Å². The van der Waals surface area contributed by atoms with Gasteiger partial charge in [-0.05, 0) is 41.0 Å². The fourth-order valence-corrected chi connectivity index (χ4v) is 6.15. The average Bonchev–Trinajstić information content (AvgIpc) is 3.52. The zero-order chi connectivity index (χ0) is 24.6. The number of carbonyl (C=O) groups excluding carboxylic acids is 2. The smallest absolute Gasteiger partial charge is 0.407 e. The Morgan fingerprint density at radius 2 is 1.77 bits per heavy atom. The van der Waals surface area contributed by atoms with Crippen molar-refractivity contribution in [1.82, 2.24) is 10.2 Å². The van der Waals surface area contributed by atoms with E-state index in [9.17, 15) is 19.5 Å². The second-order valence-electron chi connectivity index (χ2n) is 9.75. The van der Waals surface area contributed by atoms with Gasteiger partial charge < -0.3 is 24.8 Å². The Morgan fingerprint density at radius 1 is 1.11 bits per heavy atom. The van der Waals surface area contributed by atoms with Crippen molar-refractivity contribution in [1.29, 1.82) is 0 Å². The summed E-state index contributed by atoms with van der Waals surface area (Å²) in [4.78, 5) is 39.5. The molecule has 1 saturated heterocycles. The third kappa shape index (κ3) is 4.05. The van der Waals surface area contributed by atoms with Gasteiger partial charge in [0.15, 0.2) is 0 Å². The molecule has 2 fully saturated rings. The summed E-state index contributed by atoms with van der Waals surface area (Å²) in [5, 5.41) is 12.5. The van der Waals surface area contributed by atoms with Crippen LogP contribution >= 0.6 is 0 Å². The van der Waals surface area contributed by atoms with Crippen LogP contribution in [0.4, 0.5) is 4.79 Å². The molecule has 3 atom stereocenters. The van der Waals surface area contributed by atoms with E-state index in [1.165, 1.54) is 7.11 Å². The van der Waals surface area contributed by atoms with Gasteiger partial charge in [-0.2, -0.15) is 0 Å². The predicted molar refractivity (Wildman–Crippen MR) is 128 cm³/mol. The molecule has 5 rings (SSSR count). The normalized spacial score (nSPS) is 23.3. The van der Waals surface area contributed by atoms with Crippen LogP contribution in [-0.2, 0) is 19.1 Å². The molecule has 0 bridgehead atoms. The Bertz CT molecular complexity index is 1100. The number of fused-ring (bicyclic) bond motifs is 4. The van der Waals surface area contributed by atoms with Gasteiger partial charge in [-0.1, -0.05) is 55.0 Å². The number of hydrogen-bond acceptors (Lipinski definition) is 5. The van der Waals surface area contributed by atoms with Gasteiger partial charge in [-0.15, -0.1) is 0 Å². The number of hydrogen-bond donors (Lipinski definition) is 2. The van der Waals surface area contributed by atoms with E-state index in [1.807, 2.05) is 36.4 Å². The number of ether oxygens (including phenoxy) is 2. The Labute approximate surface area is 204 Å². The molecule has 2 unspecified atom stereocenters. The molecule has 0 spiro atoms. The number of amides is 2. The van der Waals surface area contributed by atoms with Crippen molar-refractivity contribution < 1.29 is 29.0 Å². The van der Waals surface area contributed by atoms with Crippen LogP contribution in [0, 0.1) is 11.3 Å². The van der Waals surface area contributed by atoms with Gasteiger partial charge >= 0.3 is 12.1 Å². The summed E-state index contributed by atoms with van der Waals surface area (Å²) in [6, 6.07) is 15.2. The molecule has 2 aromatic rings. The van der Waals surface area contributed by atoms with Gasteiger partial charge in [0.25, 0.3) is 0 Å². The van der Waals surface area contributed by atoms with Crippen LogP contribution in [0.3, 0.4) is 0 Å². The number of aliphatic carboxylic acids is 1. The first-order valence-corrected chi connectivity index (χ1v) is 12.1. The largest absolute Gasteiger partial charge is 0.481 e. The summed E-state index contributed by atoms with van der Waals surface area (Å²) in [5.74, 6) is -1.32. The van der Waals surface area contributed by atoms with Crippen LogP contribution < -0.4 is 5.32 Å². The molecule has 1 aliphatic heterocycles. The number of nitrogens with one attached hydrogen (secondary N) is 1. The molecule has 1 heterocycles. The molecule has 1 saturated carbocycles. The molecule has 184 valence electrons. The first kappa shape index (κ1) is 23.4. The van der Waals surface area contributed by atoms with E-state index in [-0.39, 0.29) is 37.5 Å². The average molecular weight is 479 g/mol. The lowest BCUT2D eigenvalue weighted by molar-refractivity contribution is -0.149. The fourth-order valence-electron chi connectivity index (χ4n) is 6.15. The molecular formula is C27H30N2O6. The van der Waals surface area contributed by atoms with Crippen molar-refractivity contribution in [3.63, 3.8) is 0 Å². The van der Waals surface area contributed by atoms with Crippen molar-refractivity contribution in [2.75, 3.05) is 33.4 Å². The van der Waals surface area contributed by atoms with Gasteiger partial charge in [-0.3, -0.25) is 9.59 Å². The lowest BCUT2D eigenvalue weighted by atomic mass is 9.81. The highest BCUT2D eigenvalue weighted by Crippen LogP contribution is 2.49. The van der Waals surface area contributed by atoms with Crippen molar-refractivity contribution in [3.05, 3.63) is 59.7 Å². The number of likely N-dealkylation sites (tertiary alicyclic amines) is 1. The van der Waals surface area contributed by atoms with E-state index < -0.39 is 23.5 Å². The second-order valence-corrected chi connectivity index (χ2v) is 9.75. The monoisotopic (exact) mass is 478 g/mol. The summed E-state index contributed by atoms with van der Waals surface area (Å²) in [5.41, 5.74) is 3.60. The molecule has 3 aliphatic rings. The van der Waals surface area contributed by atoms with Crippen LogP contribution in [0.25, 0.3) is 11.1 Å². The maximum absolute atomic E-state index is 13.2.